The molecule has 1 N–H and O–H groups in total. The number of hydrogen-bond donors (Lipinski definition) is 1. The topological polar surface area (TPSA) is 20.2 Å². The van der Waals surface area contributed by atoms with Crippen LogP contribution in [0.5, 0.6) is 0 Å². The molecule has 0 amide bonds. The molecule has 1 aliphatic carbocycles. The highest BCUT2D eigenvalue weighted by molar-refractivity contribution is 8.00. The summed E-state index contributed by atoms with van der Waals surface area (Å²) in [4.78, 5) is 0. The summed E-state index contributed by atoms with van der Waals surface area (Å²) in [6, 6.07) is 8.80. The Morgan fingerprint density at radius 1 is 1.17 bits per heavy atom. The summed E-state index contributed by atoms with van der Waals surface area (Å²) in [6.45, 7) is 2.16. The van der Waals surface area contributed by atoms with Gasteiger partial charge < -0.3 is 5.11 Å². The number of benzene rings is 1. The quantitative estimate of drug-likeness (QED) is 0.867. The minimum atomic E-state index is -0.610. The first-order valence-electron chi connectivity index (χ1n) is 7.14. The second-order valence-electron chi connectivity index (χ2n) is 5.79. The van der Waals surface area contributed by atoms with Gasteiger partial charge in [-0.2, -0.15) is 11.8 Å². The summed E-state index contributed by atoms with van der Waals surface area (Å²) in [5.41, 5.74) is 1.97. The van der Waals surface area contributed by atoms with Gasteiger partial charge in [-0.15, -0.1) is 0 Å². The predicted molar refractivity (Wildman–Crippen MR) is 78.1 cm³/mol. The normalized spacial score (nSPS) is 33.1. The van der Waals surface area contributed by atoms with Crippen LogP contribution in [0.25, 0.3) is 0 Å². The number of rotatable bonds is 2. The second kappa shape index (κ2) is 4.90. The second-order valence-corrected chi connectivity index (χ2v) is 7.24. The standard InChI is InChI=1S/C16H22OS/c1-12-16(17,10-3-11-18-12)15-8-6-14(7-9-15)13-4-2-5-13/h6-9,12-13,17H,2-5,10-11H2,1H3. The molecule has 1 aromatic rings. The largest absolute Gasteiger partial charge is 0.384 e. The predicted octanol–water partition coefficient (Wildman–Crippen LogP) is 4.06. The maximum absolute atomic E-state index is 10.9. The fraction of sp³-hybridized carbons (Fsp3) is 0.625. The summed E-state index contributed by atoms with van der Waals surface area (Å²) in [5.74, 6) is 1.97. The molecule has 2 unspecified atom stereocenters. The van der Waals surface area contributed by atoms with E-state index < -0.39 is 5.60 Å². The van der Waals surface area contributed by atoms with E-state index in [1.54, 1.807) is 0 Å². The van der Waals surface area contributed by atoms with Gasteiger partial charge in [0.25, 0.3) is 0 Å². The van der Waals surface area contributed by atoms with E-state index in [0.29, 0.717) is 5.25 Å². The van der Waals surface area contributed by atoms with Crippen LogP contribution in [0.2, 0.25) is 0 Å². The smallest absolute Gasteiger partial charge is 0.101 e. The van der Waals surface area contributed by atoms with E-state index in [1.165, 1.54) is 30.6 Å². The lowest BCUT2D eigenvalue weighted by atomic mass is 9.78. The van der Waals surface area contributed by atoms with Crippen LogP contribution in [0.15, 0.2) is 24.3 Å². The molecule has 2 aliphatic rings. The molecule has 0 radical (unpaired) electrons. The van der Waals surface area contributed by atoms with Crippen molar-refractivity contribution < 1.29 is 5.11 Å². The summed E-state index contributed by atoms with van der Waals surface area (Å²) < 4.78 is 0. The van der Waals surface area contributed by atoms with Gasteiger partial charge in [0.2, 0.25) is 0 Å². The number of hydrogen-bond acceptors (Lipinski definition) is 2. The van der Waals surface area contributed by atoms with Crippen molar-refractivity contribution in [3.8, 4) is 0 Å². The first-order valence-corrected chi connectivity index (χ1v) is 8.19. The zero-order chi connectivity index (χ0) is 12.6. The van der Waals surface area contributed by atoms with Gasteiger partial charge in [-0.05, 0) is 48.5 Å². The number of aliphatic hydroxyl groups is 1. The monoisotopic (exact) mass is 262 g/mol. The molecule has 1 saturated heterocycles. The highest BCUT2D eigenvalue weighted by atomic mass is 32.2. The van der Waals surface area contributed by atoms with E-state index in [1.807, 2.05) is 11.8 Å². The minimum absolute atomic E-state index is 0.306. The summed E-state index contributed by atoms with van der Waals surface area (Å²) in [7, 11) is 0. The zero-order valence-corrected chi connectivity index (χ0v) is 11.9. The Bertz CT molecular complexity index is 410. The molecule has 1 heterocycles. The lowest BCUT2D eigenvalue weighted by Gasteiger charge is -2.38. The first-order chi connectivity index (χ1) is 8.70. The minimum Gasteiger partial charge on any atom is -0.384 e. The Kier molecular flexibility index (Phi) is 3.42. The van der Waals surface area contributed by atoms with Crippen LogP contribution in [0.3, 0.4) is 0 Å². The van der Waals surface area contributed by atoms with Crippen molar-refractivity contribution in [3.63, 3.8) is 0 Å². The van der Waals surface area contributed by atoms with Crippen molar-refractivity contribution in [3.05, 3.63) is 35.4 Å². The van der Waals surface area contributed by atoms with Crippen LogP contribution in [0.1, 0.15) is 56.1 Å². The van der Waals surface area contributed by atoms with Gasteiger partial charge in [0.05, 0.1) is 0 Å². The van der Waals surface area contributed by atoms with E-state index in [-0.39, 0.29) is 0 Å². The Morgan fingerprint density at radius 3 is 2.44 bits per heavy atom. The molecule has 18 heavy (non-hydrogen) atoms. The molecule has 2 heteroatoms. The highest BCUT2D eigenvalue weighted by Crippen LogP contribution is 2.42. The van der Waals surface area contributed by atoms with E-state index in [0.717, 1.165) is 24.3 Å². The third kappa shape index (κ3) is 2.10. The van der Waals surface area contributed by atoms with Crippen LogP contribution in [-0.4, -0.2) is 16.1 Å². The van der Waals surface area contributed by atoms with E-state index in [2.05, 4.69) is 31.2 Å². The molecule has 1 aromatic carbocycles. The van der Waals surface area contributed by atoms with Crippen LogP contribution in [0, 0.1) is 0 Å². The fourth-order valence-electron chi connectivity index (χ4n) is 3.11. The first kappa shape index (κ1) is 12.6. The van der Waals surface area contributed by atoms with Gasteiger partial charge in [-0.3, -0.25) is 0 Å². The van der Waals surface area contributed by atoms with Gasteiger partial charge in [0.1, 0.15) is 5.60 Å². The molecule has 0 bridgehead atoms. The van der Waals surface area contributed by atoms with Crippen molar-refractivity contribution in [2.24, 2.45) is 0 Å². The van der Waals surface area contributed by atoms with E-state index in [9.17, 15) is 5.11 Å². The molecule has 3 rings (SSSR count). The molecule has 1 saturated carbocycles. The van der Waals surface area contributed by atoms with Crippen molar-refractivity contribution in [2.45, 2.75) is 55.8 Å². The Hall–Kier alpha value is -0.470. The van der Waals surface area contributed by atoms with E-state index in [4.69, 9.17) is 0 Å². The molecular formula is C16H22OS. The van der Waals surface area contributed by atoms with E-state index >= 15 is 0 Å². The van der Waals surface area contributed by atoms with Crippen LogP contribution >= 0.6 is 11.8 Å². The number of thioether (sulfide) groups is 1. The van der Waals surface area contributed by atoms with Crippen LogP contribution in [0.4, 0.5) is 0 Å². The Balaban J connectivity index is 1.82. The van der Waals surface area contributed by atoms with Crippen molar-refractivity contribution in [1.29, 1.82) is 0 Å². The lowest BCUT2D eigenvalue weighted by Crippen LogP contribution is -2.38. The fourth-order valence-corrected chi connectivity index (χ4v) is 4.30. The van der Waals surface area contributed by atoms with Gasteiger partial charge in [0, 0.05) is 5.25 Å². The van der Waals surface area contributed by atoms with Crippen LogP contribution in [-0.2, 0) is 5.60 Å². The molecule has 0 aromatic heterocycles. The van der Waals surface area contributed by atoms with Crippen molar-refractivity contribution >= 4 is 11.8 Å². The molecule has 98 valence electrons. The molecule has 1 aliphatic heterocycles. The molecule has 0 spiro atoms. The molecule has 2 fully saturated rings. The molecule has 2 atom stereocenters. The maximum Gasteiger partial charge on any atom is 0.101 e. The molecule has 1 nitrogen and oxygen atoms in total. The third-order valence-electron chi connectivity index (χ3n) is 4.73. The maximum atomic E-state index is 10.9. The van der Waals surface area contributed by atoms with Crippen LogP contribution < -0.4 is 0 Å². The summed E-state index contributed by atoms with van der Waals surface area (Å²) in [5, 5.41) is 11.2. The Morgan fingerprint density at radius 2 is 1.89 bits per heavy atom. The van der Waals surface area contributed by atoms with Gasteiger partial charge in [-0.1, -0.05) is 37.6 Å². The third-order valence-corrected chi connectivity index (χ3v) is 6.14. The summed E-state index contributed by atoms with van der Waals surface area (Å²) >= 11 is 1.90. The van der Waals surface area contributed by atoms with Gasteiger partial charge >= 0.3 is 0 Å². The highest BCUT2D eigenvalue weighted by Gasteiger charge is 2.38. The average Bonchev–Trinajstić information content (AvgIpc) is 2.32. The average molecular weight is 262 g/mol. The SMILES string of the molecule is CC1SCCCC1(O)c1ccc(C2CCC2)cc1. The van der Waals surface area contributed by atoms with Crippen molar-refractivity contribution in [1.82, 2.24) is 0 Å². The van der Waals surface area contributed by atoms with Crippen molar-refractivity contribution in [2.75, 3.05) is 5.75 Å². The Labute approximate surface area is 114 Å². The molecular weight excluding hydrogens is 240 g/mol. The van der Waals surface area contributed by atoms with Gasteiger partial charge in [0.15, 0.2) is 0 Å². The lowest BCUT2D eigenvalue weighted by molar-refractivity contribution is 0.0254. The zero-order valence-electron chi connectivity index (χ0n) is 11.1. The summed E-state index contributed by atoms with van der Waals surface area (Å²) in [6.07, 6.45) is 6.09. The van der Waals surface area contributed by atoms with Gasteiger partial charge in [-0.25, -0.2) is 0 Å².